The second-order valence-corrected chi connectivity index (χ2v) is 5.58. The molecule has 0 fully saturated rings. The van der Waals surface area contributed by atoms with E-state index < -0.39 is 0 Å². The molecule has 1 aromatic carbocycles. The van der Waals surface area contributed by atoms with Crippen LogP contribution in [0.3, 0.4) is 0 Å². The van der Waals surface area contributed by atoms with E-state index in [9.17, 15) is 4.79 Å². The highest BCUT2D eigenvalue weighted by atomic mass is 16.5. The van der Waals surface area contributed by atoms with Gasteiger partial charge in [-0.3, -0.25) is 0 Å². The number of carbonyl (C=O) groups excluding carboxylic acids is 1. The van der Waals surface area contributed by atoms with Gasteiger partial charge in [0.05, 0.1) is 17.7 Å². The molecule has 0 amide bonds. The van der Waals surface area contributed by atoms with Crippen molar-refractivity contribution in [2.75, 3.05) is 11.9 Å². The summed E-state index contributed by atoms with van der Waals surface area (Å²) in [7, 11) is 0. The van der Waals surface area contributed by atoms with Crippen LogP contribution in [0.15, 0.2) is 18.2 Å². The molecular weight excluding hydrogens is 286 g/mol. The molecule has 23 heavy (non-hydrogen) atoms. The second-order valence-electron chi connectivity index (χ2n) is 5.58. The molecule has 2 aliphatic rings. The van der Waals surface area contributed by atoms with E-state index in [2.05, 4.69) is 38.2 Å². The van der Waals surface area contributed by atoms with Gasteiger partial charge >= 0.3 is 5.97 Å². The van der Waals surface area contributed by atoms with Gasteiger partial charge in [0.1, 0.15) is 0 Å². The lowest BCUT2D eigenvalue weighted by Crippen LogP contribution is -2.33. The number of ether oxygens (including phenoxy) is 1. The molecule has 1 aromatic rings. The average molecular weight is 319 g/mol. The number of allylic oxidation sites excluding steroid dienone is 1. The summed E-state index contributed by atoms with van der Waals surface area (Å²) < 4.78 is 5.18. The van der Waals surface area contributed by atoms with E-state index in [1.807, 2.05) is 33.8 Å². The molecule has 3 nitrogen and oxygen atoms in total. The van der Waals surface area contributed by atoms with Crippen LogP contribution in [0, 0.1) is 0 Å². The number of carbonyl (C=O) groups is 1. The number of esters is 1. The Hall–Kier alpha value is -1.77. The second kappa shape index (κ2) is 8.76. The zero-order valence-corrected chi connectivity index (χ0v) is 15.0. The molecule has 0 bridgehead atoms. The molecule has 0 aromatic heterocycles. The molecule has 0 unspecified atom stereocenters. The topological polar surface area (TPSA) is 38.3 Å². The molecule has 130 valence electrons. The normalized spacial score (nSPS) is 16.3. The van der Waals surface area contributed by atoms with Crippen LogP contribution in [-0.2, 0) is 11.2 Å². The summed E-state index contributed by atoms with van der Waals surface area (Å²) in [6.45, 7) is 14.8. The predicted octanol–water partition coefficient (Wildman–Crippen LogP) is 5.70. The monoisotopic (exact) mass is 319 g/mol. The summed E-state index contributed by atoms with van der Waals surface area (Å²) in [5.74, 6) is -0.192. The zero-order valence-electron chi connectivity index (χ0n) is 15.0. The van der Waals surface area contributed by atoms with Crippen molar-refractivity contribution in [3.8, 4) is 0 Å². The van der Waals surface area contributed by atoms with E-state index in [0.717, 1.165) is 34.4 Å². The van der Waals surface area contributed by atoms with Gasteiger partial charge in [0.2, 0.25) is 0 Å². The van der Waals surface area contributed by atoms with Gasteiger partial charge in [0.15, 0.2) is 0 Å². The van der Waals surface area contributed by atoms with Crippen molar-refractivity contribution in [3.63, 3.8) is 0 Å². The lowest BCUT2D eigenvalue weighted by molar-refractivity contribution is 0.0480. The van der Waals surface area contributed by atoms with Gasteiger partial charge in [0, 0.05) is 17.7 Å². The van der Waals surface area contributed by atoms with Crippen molar-refractivity contribution in [1.82, 2.24) is 0 Å². The largest absolute Gasteiger partial charge is 0.462 e. The van der Waals surface area contributed by atoms with Crippen LogP contribution in [0.25, 0.3) is 5.57 Å². The first-order chi connectivity index (χ1) is 10.5. The maximum atomic E-state index is 12.0. The molecule has 0 aliphatic carbocycles. The smallest absolute Gasteiger partial charge is 0.339 e. The van der Waals surface area contributed by atoms with Gasteiger partial charge in [-0.15, -0.1) is 0 Å². The van der Waals surface area contributed by atoms with Gasteiger partial charge < -0.3 is 10.1 Å². The number of rotatable bonds is 0. The number of hydrogen-bond acceptors (Lipinski definition) is 3. The Morgan fingerprint density at radius 1 is 1.09 bits per heavy atom. The van der Waals surface area contributed by atoms with E-state index >= 15 is 0 Å². The van der Waals surface area contributed by atoms with Crippen LogP contribution in [0.5, 0.6) is 0 Å². The Morgan fingerprint density at radius 3 is 2.30 bits per heavy atom. The Kier molecular flexibility index (Phi) is 8.08. The van der Waals surface area contributed by atoms with E-state index in [1.165, 1.54) is 0 Å². The highest BCUT2D eigenvalue weighted by Gasteiger charge is 2.30. The number of cyclic esters (lactones) is 1. The summed E-state index contributed by atoms with van der Waals surface area (Å²) >= 11 is 0. The quantitative estimate of drug-likeness (QED) is 0.624. The first-order valence-electron chi connectivity index (χ1n) is 8.29. The van der Waals surface area contributed by atoms with Crippen molar-refractivity contribution >= 4 is 17.2 Å². The summed E-state index contributed by atoms with van der Waals surface area (Å²) in [6.07, 6.45) is 2.97. The zero-order chi connectivity index (χ0) is 16.9. The maximum Gasteiger partial charge on any atom is 0.339 e. The number of benzene rings is 1. The van der Waals surface area contributed by atoms with Crippen molar-refractivity contribution < 1.29 is 9.53 Å². The van der Waals surface area contributed by atoms with Crippen LogP contribution in [0.1, 0.15) is 77.4 Å². The molecule has 2 heterocycles. The SMILES string of the molecule is C.CC.CC.CC1=CC(C)(C)Nc2ccc3c(c21)C(=O)OCC3. The van der Waals surface area contributed by atoms with Gasteiger partial charge in [-0.05, 0) is 38.0 Å². The number of fused-ring (bicyclic) bond motifs is 3. The van der Waals surface area contributed by atoms with Crippen LogP contribution in [0.2, 0.25) is 0 Å². The highest BCUT2D eigenvalue weighted by Crippen LogP contribution is 2.38. The fourth-order valence-electron chi connectivity index (χ4n) is 2.92. The summed E-state index contributed by atoms with van der Waals surface area (Å²) in [5.41, 5.74) is 4.94. The lowest BCUT2D eigenvalue weighted by atomic mass is 9.85. The van der Waals surface area contributed by atoms with Gasteiger partial charge in [0.25, 0.3) is 0 Å². The van der Waals surface area contributed by atoms with Gasteiger partial charge in [-0.2, -0.15) is 0 Å². The molecule has 0 saturated heterocycles. The summed E-state index contributed by atoms with van der Waals surface area (Å²) in [4.78, 5) is 12.0. The van der Waals surface area contributed by atoms with E-state index in [1.54, 1.807) is 0 Å². The van der Waals surface area contributed by atoms with Gasteiger partial charge in [-0.1, -0.05) is 47.3 Å². The Balaban J connectivity index is 0.000000901. The molecule has 0 spiro atoms. The van der Waals surface area contributed by atoms with Crippen molar-refractivity contribution in [2.24, 2.45) is 0 Å². The number of nitrogens with one attached hydrogen (secondary N) is 1. The van der Waals surface area contributed by atoms with E-state index in [0.29, 0.717) is 6.61 Å². The molecule has 0 atom stereocenters. The summed E-state index contributed by atoms with van der Waals surface area (Å²) in [6, 6.07) is 4.11. The minimum absolute atomic E-state index is 0. The van der Waals surface area contributed by atoms with Crippen molar-refractivity contribution in [1.29, 1.82) is 0 Å². The third-order valence-corrected chi connectivity index (χ3v) is 3.53. The molecular formula is C20H33NO2. The summed E-state index contributed by atoms with van der Waals surface area (Å²) in [5, 5.41) is 3.45. The standard InChI is InChI=1S/C15H17NO2.2C2H6.CH4/c1-9-8-15(2,3)16-11-5-4-10-6-7-18-14(17)13(10)12(9)11;2*1-2;/h4-5,8,16H,6-7H2,1-3H3;2*1-2H3;1H4. The molecule has 3 heteroatoms. The first kappa shape index (κ1) is 21.2. The Bertz CT molecular complexity index is 571. The van der Waals surface area contributed by atoms with Crippen LogP contribution in [-0.4, -0.2) is 18.1 Å². The fourth-order valence-corrected chi connectivity index (χ4v) is 2.92. The molecule has 0 saturated carbocycles. The van der Waals surface area contributed by atoms with E-state index in [-0.39, 0.29) is 18.9 Å². The van der Waals surface area contributed by atoms with Crippen LogP contribution >= 0.6 is 0 Å². The minimum Gasteiger partial charge on any atom is -0.462 e. The van der Waals surface area contributed by atoms with Crippen LogP contribution in [0.4, 0.5) is 5.69 Å². The minimum atomic E-state index is -0.192. The first-order valence-corrected chi connectivity index (χ1v) is 8.29. The Morgan fingerprint density at radius 2 is 1.70 bits per heavy atom. The lowest BCUT2D eigenvalue weighted by Gasteiger charge is -2.33. The molecule has 3 rings (SSSR count). The van der Waals surface area contributed by atoms with Crippen LogP contribution < -0.4 is 5.32 Å². The number of hydrogen-bond donors (Lipinski definition) is 1. The van der Waals surface area contributed by atoms with Crippen molar-refractivity contribution in [2.45, 2.75) is 67.9 Å². The third-order valence-electron chi connectivity index (χ3n) is 3.53. The molecule has 0 radical (unpaired) electrons. The average Bonchev–Trinajstić information content (AvgIpc) is 2.50. The fraction of sp³-hybridized carbons (Fsp3) is 0.550. The highest BCUT2D eigenvalue weighted by molar-refractivity contribution is 6.01. The number of anilines is 1. The van der Waals surface area contributed by atoms with Gasteiger partial charge in [-0.25, -0.2) is 4.79 Å². The predicted molar refractivity (Wildman–Crippen MR) is 101 cm³/mol. The van der Waals surface area contributed by atoms with Crippen molar-refractivity contribution in [3.05, 3.63) is 34.9 Å². The Labute approximate surface area is 142 Å². The molecule has 1 N–H and O–H groups in total. The maximum absolute atomic E-state index is 12.0. The molecule has 2 aliphatic heterocycles. The van der Waals surface area contributed by atoms with E-state index in [4.69, 9.17) is 4.74 Å². The third kappa shape index (κ3) is 4.37.